The molecule has 5 heteroatoms. The summed E-state index contributed by atoms with van der Waals surface area (Å²) in [6.45, 7) is 4.78. The molecule has 0 aliphatic carbocycles. The van der Waals surface area contributed by atoms with Gasteiger partial charge >= 0.3 is 0 Å². The molecule has 0 radical (unpaired) electrons. The Morgan fingerprint density at radius 2 is 1.96 bits per heavy atom. The van der Waals surface area contributed by atoms with E-state index in [0.29, 0.717) is 0 Å². The molecule has 0 fully saturated rings. The van der Waals surface area contributed by atoms with Crippen LogP contribution in [-0.4, -0.2) is 26.5 Å². The van der Waals surface area contributed by atoms with Crippen LogP contribution in [-0.2, 0) is 6.42 Å². The molecular formula is C18H19N5. The van der Waals surface area contributed by atoms with Gasteiger partial charge in [-0.1, -0.05) is 18.2 Å². The van der Waals surface area contributed by atoms with E-state index in [9.17, 15) is 0 Å². The summed E-state index contributed by atoms with van der Waals surface area (Å²) < 4.78 is 0. The molecule has 23 heavy (non-hydrogen) atoms. The van der Waals surface area contributed by atoms with Gasteiger partial charge in [0.2, 0.25) is 0 Å². The van der Waals surface area contributed by atoms with Gasteiger partial charge in [0.1, 0.15) is 17.3 Å². The minimum absolute atomic E-state index is 0.772. The van der Waals surface area contributed by atoms with E-state index in [1.54, 1.807) is 0 Å². The van der Waals surface area contributed by atoms with Crippen molar-refractivity contribution in [2.24, 2.45) is 0 Å². The van der Waals surface area contributed by atoms with Crippen molar-refractivity contribution in [2.45, 2.75) is 20.3 Å². The van der Waals surface area contributed by atoms with Crippen LogP contribution in [0, 0.1) is 13.8 Å². The summed E-state index contributed by atoms with van der Waals surface area (Å²) in [4.78, 5) is 15.6. The van der Waals surface area contributed by atoms with Gasteiger partial charge in [0, 0.05) is 29.3 Å². The zero-order valence-corrected chi connectivity index (χ0v) is 13.3. The van der Waals surface area contributed by atoms with Gasteiger partial charge in [-0.3, -0.25) is 0 Å². The molecule has 4 rings (SSSR count). The fraction of sp³-hybridized carbons (Fsp3) is 0.222. The molecule has 0 aliphatic rings. The lowest BCUT2D eigenvalue weighted by Crippen LogP contribution is -2.07. The van der Waals surface area contributed by atoms with Crippen LogP contribution < -0.4 is 5.32 Å². The Hall–Kier alpha value is -2.82. The predicted molar refractivity (Wildman–Crippen MR) is 93.9 cm³/mol. The van der Waals surface area contributed by atoms with Crippen molar-refractivity contribution >= 4 is 27.8 Å². The summed E-state index contributed by atoms with van der Waals surface area (Å²) in [5.74, 6) is 1.67. The first-order chi connectivity index (χ1) is 11.2. The summed E-state index contributed by atoms with van der Waals surface area (Å²) in [5.41, 5.74) is 4.49. The van der Waals surface area contributed by atoms with Crippen molar-refractivity contribution in [1.82, 2.24) is 19.9 Å². The Morgan fingerprint density at radius 1 is 1.09 bits per heavy atom. The molecule has 0 saturated heterocycles. The van der Waals surface area contributed by atoms with E-state index in [1.807, 2.05) is 13.8 Å². The third-order valence-electron chi connectivity index (χ3n) is 4.10. The van der Waals surface area contributed by atoms with E-state index >= 15 is 0 Å². The third kappa shape index (κ3) is 2.54. The molecule has 0 spiro atoms. The van der Waals surface area contributed by atoms with Crippen molar-refractivity contribution in [1.29, 1.82) is 0 Å². The zero-order chi connectivity index (χ0) is 15.8. The van der Waals surface area contributed by atoms with Gasteiger partial charge in [0.25, 0.3) is 0 Å². The average Bonchev–Trinajstić information content (AvgIpc) is 3.10. The topological polar surface area (TPSA) is 69.4 Å². The van der Waals surface area contributed by atoms with Crippen molar-refractivity contribution in [3.05, 3.63) is 53.6 Å². The lowest BCUT2D eigenvalue weighted by atomic mass is 10.1. The molecule has 5 nitrogen and oxygen atoms in total. The second-order valence-corrected chi connectivity index (χ2v) is 5.87. The second-order valence-electron chi connectivity index (χ2n) is 5.87. The highest BCUT2D eigenvalue weighted by molar-refractivity contribution is 5.88. The van der Waals surface area contributed by atoms with E-state index in [4.69, 9.17) is 0 Å². The molecule has 3 heterocycles. The first kappa shape index (κ1) is 13.8. The van der Waals surface area contributed by atoms with Crippen molar-refractivity contribution in [3.8, 4) is 0 Å². The van der Waals surface area contributed by atoms with Crippen LogP contribution in [0.1, 0.15) is 17.1 Å². The second kappa shape index (κ2) is 5.43. The van der Waals surface area contributed by atoms with Gasteiger partial charge < -0.3 is 15.3 Å². The molecule has 3 aromatic heterocycles. The van der Waals surface area contributed by atoms with Crippen LogP contribution in [0.25, 0.3) is 21.9 Å². The smallest absolute Gasteiger partial charge is 0.143 e. The predicted octanol–water partition coefficient (Wildman–Crippen LogP) is 3.71. The van der Waals surface area contributed by atoms with Gasteiger partial charge in [0.15, 0.2) is 0 Å². The number of anilines is 1. The molecule has 0 bridgehead atoms. The van der Waals surface area contributed by atoms with Gasteiger partial charge in [-0.05, 0) is 38.0 Å². The number of nitrogens with one attached hydrogen (secondary N) is 3. The van der Waals surface area contributed by atoms with Crippen LogP contribution in [0.5, 0.6) is 0 Å². The first-order valence-corrected chi connectivity index (χ1v) is 7.83. The highest BCUT2D eigenvalue weighted by atomic mass is 15.0. The van der Waals surface area contributed by atoms with Crippen LogP contribution in [0.4, 0.5) is 5.82 Å². The molecule has 0 aliphatic heterocycles. The minimum atomic E-state index is 0.772. The lowest BCUT2D eigenvalue weighted by molar-refractivity contribution is 0.998. The fourth-order valence-electron chi connectivity index (χ4n) is 3.04. The summed E-state index contributed by atoms with van der Waals surface area (Å²) >= 11 is 0. The van der Waals surface area contributed by atoms with Crippen molar-refractivity contribution in [2.75, 3.05) is 11.9 Å². The van der Waals surface area contributed by atoms with Gasteiger partial charge in [0.05, 0.1) is 5.39 Å². The Bertz CT molecular complexity index is 980. The summed E-state index contributed by atoms with van der Waals surface area (Å²) in [5, 5.41) is 5.80. The van der Waals surface area contributed by atoms with Crippen molar-refractivity contribution < 1.29 is 0 Å². The summed E-state index contributed by atoms with van der Waals surface area (Å²) in [7, 11) is 0. The number of rotatable bonds is 4. The highest BCUT2D eigenvalue weighted by Crippen LogP contribution is 2.22. The fourth-order valence-corrected chi connectivity index (χ4v) is 3.04. The Balaban J connectivity index is 1.55. The molecule has 0 amide bonds. The normalized spacial score (nSPS) is 11.4. The largest absolute Gasteiger partial charge is 0.369 e. The standard InChI is InChI=1S/C18H19N5/c1-11-9-15-17(22-12(2)23-18(15)21-11)19-8-7-13-10-20-16-6-4-3-5-14(13)16/h3-6,9-10,20H,7-8H2,1-2H3,(H2,19,21,22,23). The number of hydrogen-bond donors (Lipinski definition) is 3. The Labute approximate surface area is 134 Å². The Kier molecular flexibility index (Phi) is 3.26. The number of hydrogen-bond acceptors (Lipinski definition) is 3. The molecular weight excluding hydrogens is 286 g/mol. The molecule has 3 N–H and O–H groups in total. The first-order valence-electron chi connectivity index (χ1n) is 7.83. The number of benzene rings is 1. The quantitative estimate of drug-likeness (QED) is 0.538. The van der Waals surface area contributed by atoms with Gasteiger partial charge in [-0.2, -0.15) is 0 Å². The molecule has 116 valence electrons. The van der Waals surface area contributed by atoms with Gasteiger partial charge in [-0.25, -0.2) is 9.97 Å². The van der Waals surface area contributed by atoms with E-state index < -0.39 is 0 Å². The van der Waals surface area contributed by atoms with E-state index in [1.165, 1.54) is 16.5 Å². The minimum Gasteiger partial charge on any atom is -0.369 e. The maximum Gasteiger partial charge on any atom is 0.143 e. The number of aromatic amines is 2. The number of nitrogens with zero attached hydrogens (tertiary/aromatic N) is 2. The average molecular weight is 305 g/mol. The number of aryl methyl sites for hydroxylation is 2. The molecule has 4 aromatic rings. The maximum atomic E-state index is 4.55. The van der Waals surface area contributed by atoms with Crippen LogP contribution in [0.2, 0.25) is 0 Å². The number of H-pyrrole nitrogens is 2. The highest BCUT2D eigenvalue weighted by Gasteiger charge is 2.08. The number of aromatic nitrogens is 4. The van der Waals surface area contributed by atoms with E-state index in [-0.39, 0.29) is 0 Å². The molecule has 1 aromatic carbocycles. The van der Waals surface area contributed by atoms with E-state index in [0.717, 1.165) is 41.3 Å². The molecule has 0 unspecified atom stereocenters. The monoisotopic (exact) mass is 305 g/mol. The van der Waals surface area contributed by atoms with Crippen LogP contribution in [0.3, 0.4) is 0 Å². The van der Waals surface area contributed by atoms with Crippen LogP contribution >= 0.6 is 0 Å². The van der Waals surface area contributed by atoms with E-state index in [2.05, 4.69) is 61.8 Å². The van der Waals surface area contributed by atoms with Crippen molar-refractivity contribution in [3.63, 3.8) is 0 Å². The third-order valence-corrected chi connectivity index (χ3v) is 4.10. The summed E-state index contributed by atoms with van der Waals surface area (Å²) in [6.07, 6.45) is 3.03. The maximum absolute atomic E-state index is 4.55. The SMILES string of the molecule is Cc1nc(NCCc2c[nH]c3ccccc23)c2cc(C)[nH]c2n1. The summed E-state index contributed by atoms with van der Waals surface area (Å²) in [6, 6.07) is 10.5. The lowest BCUT2D eigenvalue weighted by Gasteiger charge is -2.07. The van der Waals surface area contributed by atoms with Gasteiger partial charge in [-0.15, -0.1) is 0 Å². The number of fused-ring (bicyclic) bond motifs is 2. The molecule has 0 saturated carbocycles. The number of para-hydroxylation sites is 1. The Morgan fingerprint density at radius 3 is 2.87 bits per heavy atom. The molecule has 0 atom stereocenters. The van der Waals surface area contributed by atoms with Crippen LogP contribution in [0.15, 0.2) is 36.5 Å². The zero-order valence-electron chi connectivity index (χ0n) is 13.3.